The summed E-state index contributed by atoms with van der Waals surface area (Å²) in [5.74, 6) is 0.186. The van der Waals surface area contributed by atoms with E-state index >= 15 is 0 Å². The van der Waals surface area contributed by atoms with Crippen LogP contribution in [0.3, 0.4) is 0 Å². The average Bonchev–Trinajstić information content (AvgIpc) is 2.96. The number of carbonyl (C=O) groups is 2. The Morgan fingerprint density at radius 1 is 1.29 bits per heavy atom. The Hall–Kier alpha value is -1.99. The highest BCUT2D eigenvalue weighted by Crippen LogP contribution is 2.40. The predicted octanol–water partition coefficient (Wildman–Crippen LogP) is 1.47. The molecule has 2 rings (SSSR count). The minimum absolute atomic E-state index is 0.144. The zero-order valence-corrected chi connectivity index (χ0v) is 14.7. The summed E-state index contributed by atoms with van der Waals surface area (Å²) < 4.78 is 15.4. The Kier molecular flexibility index (Phi) is 6.28. The molecular formula is C16H21ClN2O5. The molecule has 1 heterocycles. The molecule has 132 valence electrons. The smallest absolute Gasteiger partial charge is 0.227 e. The van der Waals surface area contributed by atoms with Gasteiger partial charge in [-0.3, -0.25) is 9.59 Å². The third-order valence-electron chi connectivity index (χ3n) is 3.85. The first-order chi connectivity index (χ1) is 11.5. The van der Waals surface area contributed by atoms with Gasteiger partial charge in [0.2, 0.25) is 11.8 Å². The molecule has 1 aliphatic rings. The van der Waals surface area contributed by atoms with Crippen LogP contribution in [0.2, 0.25) is 5.02 Å². The van der Waals surface area contributed by atoms with E-state index in [1.54, 1.807) is 19.2 Å². The second-order valence-corrected chi connectivity index (χ2v) is 5.76. The van der Waals surface area contributed by atoms with Crippen molar-refractivity contribution in [1.29, 1.82) is 0 Å². The number of ether oxygens (including phenoxy) is 3. The van der Waals surface area contributed by atoms with Crippen molar-refractivity contribution in [2.45, 2.75) is 6.42 Å². The van der Waals surface area contributed by atoms with Gasteiger partial charge in [-0.25, -0.2) is 0 Å². The molecule has 0 aromatic heterocycles. The minimum Gasteiger partial charge on any atom is -0.495 e. The summed E-state index contributed by atoms with van der Waals surface area (Å²) in [5.41, 5.74) is 0.528. The zero-order valence-electron chi connectivity index (χ0n) is 13.9. The summed E-state index contributed by atoms with van der Waals surface area (Å²) in [7, 11) is 4.57. The van der Waals surface area contributed by atoms with Gasteiger partial charge in [-0.05, 0) is 6.07 Å². The fraction of sp³-hybridized carbons (Fsp3) is 0.500. The summed E-state index contributed by atoms with van der Waals surface area (Å²) in [6, 6.07) is 3.24. The largest absolute Gasteiger partial charge is 0.495 e. The number of benzene rings is 1. The van der Waals surface area contributed by atoms with Gasteiger partial charge in [0.25, 0.3) is 0 Å². The topological polar surface area (TPSA) is 77.1 Å². The van der Waals surface area contributed by atoms with E-state index in [0.29, 0.717) is 35.4 Å². The normalized spacial score (nSPS) is 17.1. The van der Waals surface area contributed by atoms with E-state index in [2.05, 4.69) is 5.32 Å². The van der Waals surface area contributed by atoms with E-state index in [-0.39, 0.29) is 24.8 Å². The van der Waals surface area contributed by atoms with Crippen LogP contribution in [0, 0.1) is 5.92 Å². The fourth-order valence-electron chi connectivity index (χ4n) is 2.59. The van der Waals surface area contributed by atoms with Gasteiger partial charge in [0.15, 0.2) is 0 Å². The SMILES string of the molecule is COCCNC(=O)C1CC(=O)N(c2cc(Cl)c(OC)cc2OC)C1. The lowest BCUT2D eigenvalue weighted by Crippen LogP contribution is -2.34. The monoisotopic (exact) mass is 356 g/mol. The number of amides is 2. The highest BCUT2D eigenvalue weighted by Gasteiger charge is 2.36. The fourth-order valence-corrected chi connectivity index (χ4v) is 2.83. The second kappa shape index (κ2) is 8.21. The first-order valence-electron chi connectivity index (χ1n) is 7.50. The van der Waals surface area contributed by atoms with E-state index < -0.39 is 5.92 Å². The highest BCUT2D eigenvalue weighted by molar-refractivity contribution is 6.32. The van der Waals surface area contributed by atoms with Crippen LogP contribution in [0.15, 0.2) is 12.1 Å². The molecule has 8 heteroatoms. The molecule has 1 saturated heterocycles. The lowest BCUT2D eigenvalue weighted by molar-refractivity contribution is -0.126. The number of rotatable bonds is 7. The van der Waals surface area contributed by atoms with Crippen molar-refractivity contribution in [1.82, 2.24) is 5.32 Å². The lowest BCUT2D eigenvalue weighted by atomic mass is 10.1. The molecule has 0 spiro atoms. The van der Waals surface area contributed by atoms with Crippen LogP contribution in [0.5, 0.6) is 11.5 Å². The number of anilines is 1. The zero-order chi connectivity index (χ0) is 17.7. The van der Waals surface area contributed by atoms with Crippen molar-refractivity contribution in [3.8, 4) is 11.5 Å². The number of carbonyl (C=O) groups excluding carboxylic acids is 2. The Balaban J connectivity index is 2.17. The maximum Gasteiger partial charge on any atom is 0.227 e. The van der Waals surface area contributed by atoms with Crippen LogP contribution in [0.25, 0.3) is 0 Å². The number of halogens is 1. The van der Waals surface area contributed by atoms with E-state index in [0.717, 1.165) is 0 Å². The quantitative estimate of drug-likeness (QED) is 0.749. The molecule has 2 amide bonds. The number of hydrogen-bond acceptors (Lipinski definition) is 5. The molecular weight excluding hydrogens is 336 g/mol. The standard InChI is InChI=1S/C16H21ClN2O5/c1-22-5-4-18-16(21)10-6-15(20)19(9-10)12-7-11(17)13(23-2)8-14(12)24-3/h7-8,10H,4-6,9H2,1-3H3,(H,18,21). The minimum atomic E-state index is -0.417. The molecule has 0 saturated carbocycles. The van der Waals surface area contributed by atoms with Gasteiger partial charge in [0, 0.05) is 32.7 Å². The number of nitrogens with one attached hydrogen (secondary N) is 1. The van der Waals surface area contributed by atoms with Gasteiger partial charge in [-0.1, -0.05) is 11.6 Å². The maximum atomic E-state index is 12.3. The van der Waals surface area contributed by atoms with E-state index in [1.807, 2.05) is 0 Å². The van der Waals surface area contributed by atoms with Crippen molar-refractivity contribution in [2.24, 2.45) is 5.92 Å². The lowest BCUT2D eigenvalue weighted by Gasteiger charge is -2.21. The molecule has 1 unspecified atom stereocenters. The van der Waals surface area contributed by atoms with Crippen molar-refractivity contribution < 1.29 is 23.8 Å². The van der Waals surface area contributed by atoms with Gasteiger partial charge in [-0.15, -0.1) is 0 Å². The summed E-state index contributed by atoms with van der Waals surface area (Å²) in [6.07, 6.45) is 0.144. The summed E-state index contributed by atoms with van der Waals surface area (Å²) in [5, 5.41) is 3.13. The van der Waals surface area contributed by atoms with Gasteiger partial charge in [0.1, 0.15) is 11.5 Å². The van der Waals surface area contributed by atoms with Crippen LogP contribution in [0.1, 0.15) is 6.42 Å². The molecule has 0 aliphatic carbocycles. The van der Waals surface area contributed by atoms with E-state index in [1.165, 1.54) is 19.1 Å². The van der Waals surface area contributed by atoms with Crippen LogP contribution < -0.4 is 19.7 Å². The third-order valence-corrected chi connectivity index (χ3v) is 4.14. The van der Waals surface area contributed by atoms with Crippen LogP contribution in [-0.4, -0.2) is 52.8 Å². The first-order valence-corrected chi connectivity index (χ1v) is 7.88. The van der Waals surface area contributed by atoms with Crippen LogP contribution in [-0.2, 0) is 14.3 Å². The summed E-state index contributed by atoms with van der Waals surface area (Å²) in [4.78, 5) is 26.0. The molecule has 0 bridgehead atoms. The molecule has 1 atom stereocenters. The maximum absolute atomic E-state index is 12.3. The average molecular weight is 357 g/mol. The van der Waals surface area contributed by atoms with Crippen molar-refractivity contribution in [3.63, 3.8) is 0 Å². The van der Waals surface area contributed by atoms with Crippen LogP contribution >= 0.6 is 11.6 Å². The van der Waals surface area contributed by atoms with Crippen LogP contribution in [0.4, 0.5) is 5.69 Å². The van der Waals surface area contributed by atoms with Crippen molar-refractivity contribution >= 4 is 29.1 Å². The highest BCUT2D eigenvalue weighted by atomic mass is 35.5. The Bertz CT molecular complexity index is 623. The van der Waals surface area contributed by atoms with E-state index in [9.17, 15) is 9.59 Å². The predicted molar refractivity (Wildman–Crippen MR) is 89.9 cm³/mol. The van der Waals surface area contributed by atoms with Gasteiger partial charge in [0.05, 0.1) is 37.5 Å². The number of nitrogens with zero attached hydrogens (tertiary/aromatic N) is 1. The molecule has 1 aromatic carbocycles. The Morgan fingerprint density at radius 3 is 2.62 bits per heavy atom. The molecule has 0 radical (unpaired) electrons. The first kappa shape index (κ1) is 18.4. The number of methoxy groups -OCH3 is 3. The Labute approximate surface area is 145 Å². The summed E-state index contributed by atoms with van der Waals surface area (Å²) >= 11 is 6.16. The molecule has 24 heavy (non-hydrogen) atoms. The molecule has 7 nitrogen and oxygen atoms in total. The molecule has 1 fully saturated rings. The molecule has 1 aliphatic heterocycles. The second-order valence-electron chi connectivity index (χ2n) is 5.35. The van der Waals surface area contributed by atoms with Crippen molar-refractivity contribution in [3.05, 3.63) is 17.2 Å². The third kappa shape index (κ3) is 3.91. The van der Waals surface area contributed by atoms with E-state index in [4.69, 9.17) is 25.8 Å². The van der Waals surface area contributed by atoms with Gasteiger partial charge >= 0.3 is 0 Å². The van der Waals surface area contributed by atoms with Crippen molar-refractivity contribution in [2.75, 3.05) is 45.9 Å². The van der Waals surface area contributed by atoms with Gasteiger partial charge < -0.3 is 24.4 Å². The molecule has 1 N–H and O–H groups in total. The Morgan fingerprint density at radius 2 is 2.00 bits per heavy atom. The van der Waals surface area contributed by atoms with Gasteiger partial charge in [-0.2, -0.15) is 0 Å². The molecule has 1 aromatic rings. The summed E-state index contributed by atoms with van der Waals surface area (Å²) in [6.45, 7) is 1.12. The number of hydrogen-bond donors (Lipinski definition) is 1.